The van der Waals surface area contributed by atoms with Crippen LogP contribution in [0.4, 0.5) is 5.13 Å². The molecule has 1 N–H and O–H groups in total. The summed E-state index contributed by atoms with van der Waals surface area (Å²) >= 11 is 1.88. The SMILES string of the molecule is CCCc1nc(N(CCC)C(C)C)sc1CNCC(C)C. The maximum Gasteiger partial charge on any atom is 0.186 e. The second-order valence-corrected chi connectivity index (χ2v) is 7.49. The Morgan fingerprint density at radius 1 is 1.14 bits per heavy atom. The fourth-order valence-corrected chi connectivity index (χ4v) is 3.59. The second-order valence-electron chi connectivity index (χ2n) is 6.43. The first-order valence-electron chi connectivity index (χ1n) is 8.45. The Kier molecular flexibility index (Phi) is 8.27. The van der Waals surface area contributed by atoms with Crippen LogP contribution in [0.2, 0.25) is 0 Å². The van der Waals surface area contributed by atoms with Gasteiger partial charge in [0.15, 0.2) is 5.13 Å². The molecule has 122 valence electrons. The van der Waals surface area contributed by atoms with E-state index in [2.05, 4.69) is 51.8 Å². The number of aryl methyl sites for hydroxylation is 1. The lowest BCUT2D eigenvalue weighted by molar-refractivity contribution is 0.553. The number of anilines is 1. The van der Waals surface area contributed by atoms with E-state index in [1.54, 1.807) is 0 Å². The van der Waals surface area contributed by atoms with E-state index in [-0.39, 0.29) is 0 Å². The van der Waals surface area contributed by atoms with Crippen molar-refractivity contribution in [2.75, 3.05) is 18.0 Å². The number of nitrogens with one attached hydrogen (secondary N) is 1. The summed E-state index contributed by atoms with van der Waals surface area (Å²) in [5.41, 5.74) is 1.30. The van der Waals surface area contributed by atoms with Crippen molar-refractivity contribution in [3.05, 3.63) is 10.6 Å². The van der Waals surface area contributed by atoms with E-state index < -0.39 is 0 Å². The Labute approximate surface area is 135 Å². The van der Waals surface area contributed by atoms with Gasteiger partial charge in [0.2, 0.25) is 0 Å². The van der Waals surface area contributed by atoms with Crippen LogP contribution >= 0.6 is 11.3 Å². The number of hydrogen-bond donors (Lipinski definition) is 1. The van der Waals surface area contributed by atoms with Crippen molar-refractivity contribution < 1.29 is 0 Å². The summed E-state index contributed by atoms with van der Waals surface area (Å²) in [6.07, 6.45) is 3.42. The van der Waals surface area contributed by atoms with Gasteiger partial charge in [-0.25, -0.2) is 4.98 Å². The van der Waals surface area contributed by atoms with Gasteiger partial charge in [-0.15, -0.1) is 11.3 Å². The lowest BCUT2D eigenvalue weighted by Gasteiger charge is -2.25. The molecule has 4 heteroatoms. The fraction of sp³-hybridized carbons (Fsp3) is 0.824. The summed E-state index contributed by atoms with van der Waals surface area (Å²) < 4.78 is 0. The predicted molar refractivity (Wildman–Crippen MR) is 95.4 cm³/mol. The molecule has 21 heavy (non-hydrogen) atoms. The van der Waals surface area contributed by atoms with Gasteiger partial charge in [-0.05, 0) is 39.2 Å². The van der Waals surface area contributed by atoms with Crippen LogP contribution in [-0.2, 0) is 13.0 Å². The molecule has 0 amide bonds. The summed E-state index contributed by atoms with van der Waals surface area (Å²) in [5.74, 6) is 0.694. The Morgan fingerprint density at radius 3 is 2.38 bits per heavy atom. The van der Waals surface area contributed by atoms with Gasteiger partial charge in [-0.1, -0.05) is 34.1 Å². The molecule has 0 saturated heterocycles. The lowest BCUT2D eigenvalue weighted by atomic mass is 10.2. The standard InChI is InChI=1S/C17H33N3S/c1-7-9-15-16(12-18-11-13(3)4)21-17(19-15)20(10-8-2)14(5)6/h13-14,18H,7-12H2,1-6H3. The molecule has 0 saturated carbocycles. The first kappa shape index (κ1) is 18.4. The third kappa shape index (κ3) is 5.95. The van der Waals surface area contributed by atoms with Crippen LogP contribution in [0.5, 0.6) is 0 Å². The van der Waals surface area contributed by atoms with Crippen molar-refractivity contribution in [3.63, 3.8) is 0 Å². The zero-order valence-electron chi connectivity index (χ0n) is 14.7. The molecule has 1 rings (SSSR count). The first-order chi connectivity index (χ1) is 9.99. The van der Waals surface area contributed by atoms with Crippen molar-refractivity contribution in [2.24, 2.45) is 5.92 Å². The average Bonchev–Trinajstić information content (AvgIpc) is 2.78. The van der Waals surface area contributed by atoms with E-state index >= 15 is 0 Å². The normalized spacial score (nSPS) is 11.6. The Morgan fingerprint density at radius 2 is 1.86 bits per heavy atom. The Bertz CT molecular complexity index is 399. The van der Waals surface area contributed by atoms with Crippen LogP contribution < -0.4 is 10.2 Å². The summed E-state index contributed by atoms with van der Waals surface area (Å²) in [7, 11) is 0. The molecule has 0 aliphatic carbocycles. The molecule has 0 radical (unpaired) electrons. The predicted octanol–water partition coefficient (Wildman–Crippen LogP) is 4.47. The zero-order valence-corrected chi connectivity index (χ0v) is 15.5. The molecule has 1 heterocycles. The van der Waals surface area contributed by atoms with Gasteiger partial charge in [0, 0.05) is 24.0 Å². The number of hydrogen-bond acceptors (Lipinski definition) is 4. The van der Waals surface area contributed by atoms with Crippen molar-refractivity contribution in [1.29, 1.82) is 0 Å². The molecule has 0 aromatic carbocycles. The summed E-state index contributed by atoms with van der Waals surface area (Å²) in [6.45, 7) is 16.6. The molecule has 0 atom stereocenters. The molecule has 0 aliphatic heterocycles. The molecule has 0 unspecified atom stereocenters. The minimum Gasteiger partial charge on any atom is -0.346 e. The third-order valence-corrected chi connectivity index (χ3v) is 4.56. The second kappa shape index (κ2) is 9.42. The minimum atomic E-state index is 0.516. The number of thiazole rings is 1. The van der Waals surface area contributed by atoms with E-state index in [0.29, 0.717) is 12.0 Å². The molecule has 3 nitrogen and oxygen atoms in total. The summed E-state index contributed by atoms with van der Waals surface area (Å²) in [4.78, 5) is 8.81. The van der Waals surface area contributed by atoms with Gasteiger partial charge in [0.05, 0.1) is 5.69 Å². The van der Waals surface area contributed by atoms with Gasteiger partial charge in [-0.3, -0.25) is 0 Å². The van der Waals surface area contributed by atoms with Crippen LogP contribution in [-0.4, -0.2) is 24.1 Å². The highest BCUT2D eigenvalue weighted by atomic mass is 32.1. The van der Waals surface area contributed by atoms with E-state index in [9.17, 15) is 0 Å². The van der Waals surface area contributed by atoms with Gasteiger partial charge >= 0.3 is 0 Å². The molecule has 0 bridgehead atoms. The molecular weight excluding hydrogens is 278 g/mol. The van der Waals surface area contributed by atoms with Gasteiger partial charge in [-0.2, -0.15) is 0 Å². The average molecular weight is 312 g/mol. The van der Waals surface area contributed by atoms with Crippen LogP contribution in [0.15, 0.2) is 0 Å². The molecule has 0 spiro atoms. The smallest absolute Gasteiger partial charge is 0.186 e. The van der Waals surface area contributed by atoms with Crippen molar-refractivity contribution in [1.82, 2.24) is 10.3 Å². The van der Waals surface area contributed by atoms with Crippen LogP contribution in [0.3, 0.4) is 0 Å². The minimum absolute atomic E-state index is 0.516. The van der Waals surface area contributed by atoms with Crippen LogP contribution in [0, 0.1) is 5.92 Å². The fourth-order valence-electron chi connectivity index (χ4n) is 2.35. The monoisotopic (exact) mass is 311 g/mol. The third-order valence-electron chi connectivity index (χ3n) is 3.43. The van der Waals surface area contributed by atoms with Gasteiger partial charge in [0.25, 0.3) is 0 Å². The highest BCUT2D eigenvalue weighted by Gasteiger charge is 2.17. The van der Waals surface area contributed by atoms with Gasteiger partial charge < -0.3 is 10.2 Å². The Balaban J connectivity index is 2.85. The lowest BCUT2D eigenvalue weighted by Crippen LogP contribution is -2.31. The molecule has 1 aromatic heterocycles. The maximum atomic E-state index is 4.94. The van der Waals surface area contributed by atoms with Crippen LogP contribution in [0.1, 0.15) is 65.0 Å². The Hall–Kier alpha value is -0.610. The van der Waals surface area contributed by atoms with Crippen molar-refractivity contribution in [3.8, 4) is 0 Å². The quantitative estimate of drug-likeness (QED) is 0.691. The van der Waals surface area contributed by atoms with Gasteiger partial charge in [0.1, 0.15) is 0 Å². The molecule has 1 aromatic rings. The first-order valence-corrected chi connectivity index (χ1v) is 9.27. The molecule has 0 fully saturated rings. The van der Waals surface area contributed by atoms with E-state index in [0.717, 1.165) is 32.5 Å². The van der Waals surface area contributed by atoms with Crippen molar-refractivity contribution in [2.45, 2.75) is 73.4 Å². The van der Waals surface area contributed by atoms with E-state index in [1.807, 2.05) is 11.3 Å². The maximum absolute atomic E-state index is 4.94. The summed E-state index contributed by atoms with van der Waals surface area (Å²) in [6, 6.07) is 0.516. The zero-order chi connectivity index (χ0) is 15.8. The number of rotatable bonds is 10. The van der Waals surface area contributed by atoms with E-state index in [1.165, 1.54) is 22.1 Å². The molecule has 0 aliphatic rings. The number of nitrogens with zero attached hydrogens (tertiary/aromatic N) is 2. The van der Waals surface area contributed by atoms with E-state index in [4.69, 9.17) is 4.98 Å². The highest BCUT2D eigenvalue weighted by Crippen LogP contribution is 2.29. The van der Waals surface area contributed by atoms with Crippen LogP contribution in [0.25, 0.3) is 0 Å². The molecular formula is C17H33N3S. The summed E-state index contributed by atoms with van der Waals surface area (Å²) in [5, 5.41) is 4.77. The largest absolute Gasteiger partial charge is 0.346 e. The topological polar surface area (TPSA) is 28.2 Å². The van der Waals surface area contributed by atoms with Crippen molar-refractivity contribution >= 4 is 16.5 Å². The number of aromatic nitrogens is 1. The highest BCUT2D eigenvalue weighted by molar-refractivity contribution is 7.15.